The molecule has 0 saturated heterocycles. The van der Waals surface area contributed by atoms with Crippen molar-refractivity contribution in [2.24, 2.45) is 0 Å². The first-order valence-electron chi connectivity index (χ1n) is 13.1. The van der Waals surface area contributed by atoms with Crippen LogP contribution in [0.4, 0.5) is 0 Å². The van der Waals surface area contributed by atoms with E-state index in [0.29, 0.717) is 5.54 Å². The summed E-state index contributed by atoms with van der Waals surface area (Å²) in [6.45, 7) is 10.9. The molecule has 0 aromatic heterocycles. The fraction of sp³-hybridized carbons (Fsp3) is 1.00. The second-order valence-corrected chi connectivity index (χ2v) is 14.6. The van der Waals surface area contributed by atoms with E-state index < -0.39 is 17.6 Å². The third-order valence-corrected chi connectivity index (χ3v) is 12.1. The van der Waals surface area contributed by atoms with Gasteiger partial charge in [-0.25, -0.2) is 0 Å². The minimum absolute atomic E-state index is 0.515. The Kier molecular flexibility index (Phi) is 20.7. The van der Waals surface area contributed by atoms with Crippen LogP contribution in [0, 0.1) is 0 Å². The molecular weight excluding hydrogens is 440 g/mol. The fourth-order valence-electron chi connectivity index (χ4n) is 4.09. The van der Waals surface area contributed by atoms with Gasteiger partial charge < -0.3 is 26.6 Å². The normalized spacial score (nSPS) is 15.5. The zero-order valence-corrected chi connectivity index (χ0v) is 24.3. The lowest BCUT2D eigenvalue weighted by Crippen LogP contribution is -2.48. The van der Waals surface area contributed by atoms with E-state index >= 15 is 0 Å². The Labute approximate surface area is 201 Å². The third kappa shape index (κ3) is 12.6. The molecule has 0 heterocycles. The van der Waals surface area contributed by atoms with Gasteiger partial charge in [0.05, 0.1) is 0 Å². The van der Waals surface area contributed by atoms with Crippen LogP contribution >= 0.6 is 0 Å². The Balaban J connectivity index is 0.000000641. The molecule has 0 aromatic carbocycles. The van der Waals surface area contributed by atoms with Crippen LogP contribution in [0.5, 0.6) is 0 Å². The molecule has 6 nitrogen and oxygen atoms in total. The van der Waals surface area contributed by atoms with Crippen LogP contribution in [0.25, 0.3) is 0 Å². The van der Waals surface area contributed by atoms with E-state index in [9.17, 15) is 0 Å². The maximum Gasteiger partial charge on any atom is 0.503 e. The van der Waals surface area contributed by atoms with E-state index in [-0.39, 0.29) is 0 Å². The van der Waals surface area contributed by atoms with Gasteiger partial charge in [-0.15, -0.1) is 0 Å². The van der Waals surface area contributed by atoms with Gasteiger partial charge >= 0.3 is 17.6 Å². The van der Waals surface area contributed by atoms with Crippen molar-refractivity contribution in [3.63, 3.8) is 0 Å². The highest BCUT2D eigenvalue weighted by molar-refractivity contribution is 6.62. The molecule has 194 valence electrons. The zero-order valence-electron chi connectivity index (χ0n) is 22.3. The lowest BCUT2D eigenvalue weighted by molar-refractivity contribution is 0.0586. The van der Waals surface area contributed by atoms with E-state index in [4.69, 9.17) is 26.6 Å². The summed E-state index contributed by atoms with van der Waals surface area (Å²) in [7, 11) is 0.382. The number of hydrogen-bond donors (Lipinski definition) is 0. The second kappa shape index (κ2) is 20.6. The van der Waals surface area contributed by atoms with Crippen LogP contribution in [0.3, 0.4) is 0 Å². The summed E-state index contributed by atoms with van der Waals surface area (Å²) in [6.07, 6.45) is 14.4. The highest BCUT2D eigenvalue weighted by Gasteiger charge is 2.47. The third-order valence-electron chi connectivity index (χ3n) is 5.87. The van der Waals surface area contributed by atoms with Crippen LogP contribution in [0.15, 0.2) is 0 Å². The van der Waals surface area contributed by atoms with Crippen LogP contribution < -0.4 is 0 Å². The summed E-state index contributed by atoms with van der Waals surface area (Å²) in [6, 6.07) is 0.979. The zero-order chi connectivity index (χ0) is 24.1. The highest BCUT2D eigenvalue weighted by atomic mass is 28.4. The average molecular weight is 495 g/mol. The van der Waals surface area contributed by atoms with Gasteiger partial charge in [-0.05, 0) is 38.5 Å². The molecule has 8 heteroatoms. The molecule has 0 aliphatic heterocycles. The smallest absolute Gasteiger partial charge is 0.377 e. The van der Waals surface area contributed by atoms with Gasteiger partial charge in [0.1, 0.15) is 0 Å². The minimum Gasteiger partial charge on any atom is -0.377 e. The molecule has 1 aliphatic rings. The number of rotatable bonds is 18. The molecule has 32 heavy (non-hydrogen) atoms. The summed E-state index contributed by atoms with van der Waals surface area (Å²) in [5.74, 6) is 0. The van der Waals surface area contributed by atoms with Crippen molar-refractivity contribution in [2.45, 2.75) is 116 Å². The molecule has 0 radical (unpaired) electrons. The molecule has 1 saturated carbocycles. The quantitative estimate of drug-likeness (QED) is 0.151. The molecule has 1 rings (SSSR count). The monoisotopic (exact) mass is 494 g/mol. The van der Waals surface area contributed by atoms with E-state index in [1.165, 1.54) is 51.4 Å². The summed E-state index contributed by atoms with van der Waals surface area (Å²) in [5, 5.41) is 0. The van der Waals surface area contributed by atoms with Gasteiger partial charge in [0, 0.05) is 52.7 Å². The molecular formula is C24H54O6Si2. The Morgan fingerprint density at radius 1 is 0.594 bits per heavy atom. The lowest BCUT2D eigenvalue weighted by atomic mass is 10.0. The molecule has 1 fully saturated rings. The maximum absolute atomic E-state index is 6.06. The van der Waals surface area contributed by atoms with Gasteiger partial charge in [-0.2, -0.15) is 0 Å². The van der Waals surface area contributed by atoms with Crippen molar-refractivity contribution in [3.05, 3.63) is 0 Å². The summed E-state index contributed by atoms with van der Waals surface area (Å²) in [4.78, 5) is 0. The molecule has 1 aliphatic carbocycles. The second-order valence-electron chi connectivity index (χ2n) is 8.59. The van der Waals surface area contributed by atoms with Gasteiger partial charge in [-0.1, -0.05) is 66.2 Å². The van der Waals surface area contributed by atoms with Gasteiger partial charge in [0.2, 0.25) is 0 Å². The van der Waals surface area contributed by atoms with Crippen molar-refractivity contribution >= 4 is 17.6 Å². The van der Waals surface area contributed by atoms with Gasteiger partial charge in [0.25, 0.3) is 0 Å². The van der Waals surface area contributed by atoms with Crippen LogP contribution in [-0.2, 0) is 26.6 Å². The lowest BCUT2D eigenvalue weighted by Gasteiger charge is -2.34. The summed E-state index contributed by atoms with van der Waals surface area (Å²) >= 11 is 0. The number of unbranched alkanes of at least 4 members (excludes halogenated alkanes) is 3. The topological polar surface area (TPSA) is 55.4 Å². The largest absolute Gasteiger partial charge is 0.503 e. The highest BCUT2D eigenvalue weighted by Crippen LogP contribution is 2.37. The molecule has 0 bridgehead atoms. The fourth-order valence-corrected chi connectivity index (χ4v) is 9.62. The van der Waals surface area contributed by atoms with Crippen molar-refractivity contribution < 1.29 is 26.6 Å². The van der Waals surface area contributed by atoms with E-state index in [2.05, 4.69) is 27.7 Å². The molecule has 0 amide bonds. The van der Waals surface area contributed by atoms with Gasteiger partial charge in [0.15, 0.2) is 0 Å². The Morgan fingerprint density at radius 2 is 1.06 bits per heavy atom. The van der Waals surface area contributed by atoms with E-state index in [1.807, 2.05) is 0 Å². The Bertz CT molecular complexity index is 374. The van der Waals surface area contributed by atoms with Crippen LogP contribution in [0.2, 0.25) is 11.6 Å². The predicted molar refractivity (Wildman–Crippen MR) is 137 cm³/mol. The average Bonchev–Trinajstić information content (AvgIpc) is 2.85. The van der Waals surface area contributed by atoms with Crippen LogP contribution in [0.1, 0.15) is 105 Å². The SMILES string of the molecule is CCCCCC[Si](OCCC)(OCCC)OCCC.CO[Si](OC)(OC)C1CCCCC1. The molecule has 0 aromatic rings. The first-order chi connectivity index (χ1) is 15.5. The molecule has 0 atom stereocenters. The van der Waals surface area contributed by atoms with Gasteiger partial charge in [-0.3, -0.25) is 0 Å². The van der Waals surface area contributed by atoms with Crippen molar-refractivity contribution in [2.75, 3.05) is 41.2 Å². The summed E-state index contributed by atoms with van der Waals surface area (Å²) < 4.78 is 34.6. The first kappa shape index (κ1) is 32.2. The first-order valence-corrected chi connectivity index (χ1v) is 16.8. The molecule has 0 spiro atoms. The molecule has 0 unspecified atom stereocenters. The standard InChI is InChI=1S/C15H34O3Si.C9H20O3Si/c1-5-9-10-11-15-19(16-12-6-2,17-13-7-3)18-14-8-4;1-10-13(11-2,12-3)9-7-5-4-6-8-9/h5-15H2,1-4H3;9H,4-8H2,1-3H3. The molecule has 0 N–H and O–H groups in total. The Hall–Kier alpha value is 0.194. The minimum atomic E-state index is -2.41. The Morgan fingerprint density at radius 3 is 1.44 bits per heavy atom. The van der Waals surface area contributed by atoms with E-state index in [0.717, 1.165) is 51.5 Å². The van der Waals surface area contributed by atoms with Crippen molar-refractivity contribution in [1.29, 1.82) is 0 Å². The number of hydrogen-bond acceptors (Lipinski definition) is 6. The van der Waals surface area contributed by atoms with Crippen molar-refractivity contribution in [3.8, 4) is 0 Å². The predicted octanol–water partition coefficient (Wildman–Crippen LogP) is 6.98. The van der Waals surface area contributed by atoms with Crippen LogP contribution in [-0.4, -0.2) is 58.8 Å². The maximum atomic E-state index is 6.06. The summed E-state index contributed by atoms with van der Waals surface area (Å²) in [5.41, 5.74) is 0.515. The van der Waals surface area contributed by atoms with E-state index in [1.54, 1.807) is 21.3 Å². The van der Waals surface area contributed by atoms with Crippen molar-refractivity contribution in [1.82, 2.24) is 0 Å².